The highest BCUT2D eigenvalue weighted by Gasteiger charge is 2.18. The summed E-state index contributed by atoms with van der Waals surface area (Å²) < 4.78 is 21.3. The van der Waals surface area contributed by atoms with E-state index in [1.807, 2.05) is 60.0 Å². The highest BCUT2D eigenvalue weighted by atomic mass is 32.2. The summed E-state index contributed by atoms with van der Waals surface area (Å²) in [6.07, 6.45) is 0. The number of para-hydroxylation sites is 1. The van der Waals surface area contributed by atoms with Crippen LogP contribution in [0.3, 0.4) is 0 Å². The minimum absolute atomic E-state index is 0.118. The quantitative estimate of drug-likeness (QED) is 0.234. The van der Waals surface area contributed by atoms with Crippen molar-refractivity contribution in [3.05, 3.63) is 100 Å². The molecule has 5 rings (SSSR count). The molecule has 7 nitrogen and oxygen atoms in total. The Bertz CT molecular complexity index is 1550. The van der Waals surface area contributed by atoms with E-state index in [2.05, 4.69) is 20.5 Å². The van der Waals surface area contributed by atoms with E-state index in [1.54, 1.807) is 24.6 Å². The van der Waals surface area contributed by atoms with Gasteiger partial charge in [-0.3, -0.25) is 9.36 Å². The number of benzene rings is 3. The molecule has 0 aliphatic heterocycles. The average Bonchev–Trinajstić information content (AvgIpc) is 3.57. The Hall–Kier alpha value is -4.02. The molecule has 2 aromatic heterocycles. The maximum atomic E-state index is 13.9. The van der Waals surface area contributed by atoms with Gasteiger partial charge in [-0.1, -0.05) is 53.7 Å². The molecular weight excluding hydrogens is 509 g/mol. The molecule has 37 heavy (non-hydrogen) atoms. The van der Waals surface area contributed by atoms with Crippen LogP contribution in [0.1, 0.15) is 21.1 Å². The van der Waals surface area contributed by atoms with Gasteiger partial charge >= 0.3 is 0 Å². The van der Waals surface area contributed by atoms with Gasteiger partial charge in [0.2, 0.25) is 0 Å². The summed E-state index contributed by atoms with van der Waals surface area (Å²) in [5, 5.41) is 14.6. The van der Waals surface area contributed by atoms with Crippen molar-refractivity contribution in [3.8, 4) is 22.8 Å². The first-order valence-electron chi connectivity index (χ1n) is 11.3. The summed E-state index contributed by atoms with van der Waals surface area (Å²) in [4.78, 5) is 17.0. The summed E-state index contributed by atoms with van der Waals surface area (Å²) in [6, 6.07) is 21.9. The highest BCUT2D eigenvalue weighted by Crippen LogP contribution is 2.32. The van der Waals surface area contributed by atoms with Gasteiger partial charge in [0.1, 0.15) is 22.3 Å². The predicted molar refractivity (Wildman–Crippen MR) is 144 cm³/mol. The second-order valence-corrected chi connectivity index (χ2v) is 9.94. The zero-order chi connectivity index (χ0) is 25.8. The fourth-order valence-electron chi connectivity index (χ4n) is 3.60. The van der Waals surface area contributed by atoms with Crippen LogP contribution in [-0.2, 0) is 5.75 Å². The van der Waals surface area contributed by atoms with Gasteiger partial charge < -0.3 is 10.1 Å². The SMILES string of the molecule is COc1cccc(-c2nnc(SCc3nc(C(=O)Nc4ccccc4F)cs3)n2-c2ccc(C)cc2)c1. The van der Waals surface area contributed by atoms with Gasteiger partial charge in [-0.15, -0.1) is 21.5 Å². The predicted octanol–water partition coefficient (Wildman–Crippen LogP) is 6.39. The first kappa shape index (κ1) is 24.7. The van der Waals surface area contributed by atoms with E-state index >= 15 is 0 Å². The van der Waals surface area contributed by atoms with Crippen LogP contribution in [0.4, 0.5) is 10.1 Å². The van der Waals surface area contributed by atoms with Crippen LogP contribution in [0, 0.1) is 12.7 Å². The van der Waals surface area contributed by atoms with Crippen LogP contribution in [0.5, 0.6) is 5.75 Å². The minimum Gasteiger partial charge on any atom is -0.497 e. The summed E-state index contributed by atoms with van der Waals surface area (Å²) in [7, 11) is 1.63. The number of hydrogen-bond donors (Lipinski definition) is 1. The third-order valence-electron chi connectivity index (χ3n) is 5.48. The van der Waals surface area contributed by atoms with Crippen molar-refractivity contribution in [2.45, 2.75) is 17.8 Å². The number of thiazole rings is 1. The lowest BCUT2D eigenvalue weighted by Crippen LogP contribution is -2.13. The fourth-order valence-corrected chi connectivity index (χ4v) is 5.34. The number of rotatable bonds is 8. The number of halogens is 1. The summed E-state index contributed by atoms with van der Waals surface area (Å²) in [5.74, 6) is 0.952. The molecule has 0 saturated carbocycles. The van der Waals surface area contributed by atoms with E-state index in [-0.39, 0.29) is 11.4 Å². The van der Waals surface area contributed by atoms with Crippen LogP contribution >= 0.6 is 23.1 Å². The second kappa shape index (κ2) is 10.9. The van der Waals surface area contributed by atoms with Crippen LogP contribution in [-0.4, -0.2) is 32.8 Å². The molecular formula is C27H22FN5O2S2. The molecule has 1 N–H and O–H groups in total. The van der Waals surface area contributed by atoms with Crippen molar-refractivity contribution in [2.24, 2.45) is 0 Å². The van der Waals surface area contributed by atoms with E-state index in [4.69, 9.17) is 4.74 Å². The van der Waals surface area contributed by atoms with Crippen molar-refractivity contribution in [1.82, 2.24) is 19.7 Å². The zero-order valence-corrected chi connectivity index (χ0v) is 21.6. The lowest BCUT2D eigenvalue weighted by atomic mass is 10.2. The molecule has 0 unspecified atom stereocenters. The second-order valence-electron chi connectivity index (χ2n) is 8.06. The molecule has 0 saturated heterocycles. The number of ether oxygens (including phenoxy) is 1. The van der Waals surface area contributed by atoms with Gasteiger partial charge in [0.15, 0.2) is 11.0 Å². The molecule has 1 amide bonds. The number of aryl methyl sites for hydroxylation is 1. The Labute approximate surface area is 221 Å². The molecule has 10 heteroatoms. The van der Waals surface area contributed by atoms with Crippen LogP contribution < -0.4 is 10.1 Å². The van der Waals surface area contributed by atoms with Crippen molar-refractivity contribution in [1.29, 1.82) is 0 Å². The third kappa shape index (κ3) is 5.55. The van der Waals surface area contributed by atoms with E-state index in [0.717, 1.165) is 27.6 Å². The molecule has 0 spiro atoms. The molecule has 0 aliphatic carbocycles. The normalized spacial score (nSPS) is 10.9. The molecule has 0 radical (unpaired) electrons. The van der Waals surface area contributed by atoms with Crippen molar-refractivity contribution in [2.75, 3.05) is 12.4 Å². The number of aromatic nitrogens is 4. The fraction of sp³-hybridized carbons (Fsp3) is 0.111. The number of hydrogen-bond acceptors (Lipinski definition) is 7. The molecule has 5 aromatic rings. The summed E-state index contributed by atoms with van der Waals surface area (Å²) >= 11 is 2.83. The molecule has 0 atom stereocenters. The number of carbonyl (C=O) groups is 1. The zero-order valence-electron chi connectivity index (χ0n) is 20.0. The number of nitrogens with zero attached hydrogens (tertiary/aromatic N) is 4. The molecule has 2 heterocycles. The molecule has 0 bridgehead atoms. The highest BCUT2D eigenvalue weighted by molar-refractivity contribution is 7.98. The molecule has 0 fully saturated rings. The third-order valence-corrected chi connectivity index (χ3v) is 7.46. The Morgan fingerprint density at radius 1 is 1.08 bits per heavy atom. The first-order valence-corrected chi connectivity index (χ1v) is 13.2. The monoisotopic (exact) mass is 531 g/mol. The summed E-state index contributed by atoms with van der Waals surface area (Å²) in [5.41, 5.74) is 3.31. The summed E-state index contributed by atoms with van der Waals surface area (Å²) in [6.45, 7) is 2.04. The largest absolute Gasteiger partial charge is 0.497 e. The van der Waals surface area contributed by atoms with Gasteiger partial charge in [0.25, 0.3) is 5.91 Å². The number of amides is 1. The Morgan fingerprint density at radius 2 is 1.89 bits per heavy atom. The van der Waals surface area contributed by atoms with Crippen LogP contribution in [0.25, 0.3) is 17.1 Å². The maximum absolute atomic E-state index is 13.9. The maximum Gasteiger partial charge on any atom is 0.275 e. The standard InChI is InChI=1S/C27H22FN5O2S2/c1-17-10-12-19(13-11-17)33-25(18-6-5-7-20(14-18)35-2)31-32-27(33)37-16-24-29-23(15-36-24)26(34)30-22-9-4-3-8-21(22)28/h3-15H,16H2,1-2H3,(H,30,34). The molecule has 186 valence electrons. The van der Waals surface area contributed by atoms with Gasteiger partial charge in [0.05, 0.1) is 18.6 Å². The first-order chi connectivity index (χ1) is 18.0. The number of nitrogens with one attached hydrogen (secondary N) is 1. The van der Waals surface area contributed by atoms with Crippen LogP contribution in [0.2, 0.25) is 0 Å². The molecule has 0 aliphatic rings. The smallest absolute Gasteiger partial charge is 0.275 e. The number of methoxy groups -OCH3 is 1. The minimum atomic E-state index is -0.496. The lowest BCUT2D eigenvalue weighted by Gasteiger charge is -2.11. The van der Waals surface area contributed by atoms with Crippen LogP contribution in [0.15, 0.2) is 83.3 Å². The molecule has 3 aromatic carbocycles. The average molecular weight is 532 g/mol. The van der Waals surface area contributed by atoms with Crippen molar-refractivity contribution in [3.63, 3.8) is 0 Å². The topological polar surface area (TPSA) is 81.9 Å². The van der Waals surface area contributed by atoms with Gasteiger partial charge in [-0.25, -0.2) is 9.37 Å². The van der Waals surface area contributed by atoms with Crippen molar-refractivity contribution < 1.29 is 13.9 Å². The lowest BCUT2D eigenvalue weighted by molar-refractivity contribution is 0.102. The van der Waals surface area contributed by atoms with E-state index in [1.165, 1.54) is 35.2 Å². The Balaban J connectivity index is 1.38. The number of anilines is 1. The number of thioether (sulfide) groups is 1. The van der Waals surface area contributed by atoms with Gasteiger partial charge in [-0.05, 0) is 43.3 Å². The Morgan fingerprint density at radius 3 is 2.68 bits per heavy atom. The van der Waals surface area contributed by atoms with Gasteiger partial charge in [-0.2, -0.15) is 0 Å². The Kier molecular flexibility index (Phi) is 7.29. The van der Waals surface area contributed by atoms with Gasteiger partial charge in [0, 0.05) is 16.6 Å². The van der Waals surface area contributed by atoms with E-state index < -0.39 is 11.7 Å². The van der Waals surface area contributed by atoms with E-state index in [9.17, 15) is 9.18 Å². The van der Waals surface area contributed by atoms with E-state index in [0.29, 0.717) is 16.7 Å². The number of carbonyl (C=O) groups excluding carboxylic acids is 1. The van der Waals surface area contributed by atoms with Crippen molar-refractivity contribution >= 4 is 34.7 Å².